The zero-order chi connectivity index (χ0) is 18.9. The van der Waals surface area contributed by atoms with E-state index in [1.165, 1.54) is 7.11 Å². The number of unbranched alkanes of at least 4 members (excludes halogenated alkanes) is 5. The van der Waals surface area contributed by atoms with E-state index in [4.69, 9.17) is 0 Å². The van der Waals surface area contributed by atoms with Crippen molar-refractivity contribution >= 4 is 11.9 Å². The Balaban J connectivity index is 2.20. The van der Waals surface area contributed by atoms with Crippen molar-refractivity contribution in [3.8, 4) is 0 Å². The van der Waals surface area contributed by atoms with Crippen LogP contribution in [0.5, 0.6) is 0 Å². The van der Waals surface area contributed by atoms with E-state index >= 15 is 0 Å². The highest BCUT2D eigenvalue weighted by Crippen LogP contribution is 2.45. The lowest BCUT2D eigenvalue weighted by molar-refractivity contribution is -0.140. The van der Waals surface area contributed by atoms with Gasteiger partial charge in [0.2, 0.25) is 5.91 Å². The highest BCUT2D eigenvalue weighted by molar-refractivity contribution is 5.76. The zero-order valence-corrected chi connectivity index (χ0v) is 16.1. The van der Waals surface area contributed by atoms with Crippen molar-refractivity contribution in [1.82, 2.24) is 4.90 Å². The fourth-order valence-corrected chi connectivity index (χ4v) is 3.45. The van der Waals surface area contributed by atoms with Gasteiger partial charge in [-0.25, -0.2) is 0 Å². The number of hydrogen-bond acceptors (Lipinski definition) is 5. The van der Waals surface area contributed by atoms with Crippen molar-refractivity contribution < 1.29 is 24.5 Å². The molecule has 2 atom stereocenters. The monoisotopic (exact) mass is 357 g/mol. The summed E-state index contributed by atoms with van der Waals surface area (Å²) in [6, 6.07) is 0. The third-order valence-electron chi connectivity index (χ3n) is 5.84. The number of carbonyl (C=O) groups excluding carboxylic acids is 2. The Hall–Kier alpha value is -1.14. The minimum Gasteiger partial charge on any atom is -0.469 e. The van der Waals surface area contributed by atoms with Gasteiger partial charge in [-0.2, -0.15) is 0 Å². The second-order valence-electron chi connectivity index (χ2n) is 7.88. The molecule has 1 fully saturated rings. The van der Waals surface area contributed by atoms with Gasteiger partial charge in [0.05, 0.1) is 20.3 Å². The van der Waals surface area contributed by atoms with Crippen molar-refractivity contribution in [2.75, 3.05) is 33.4 Å². The SMILES string of the molecule is COC(=O)CCCCCCCCC(=O)N1C[C@](C)(CO)[C@](C)(CO)C1. The van der Waals surface area contributed by atoms with Gasteiger partial charge in [0.25, 0.3) is 0 Å². The van der Waals surface area contributed by atoms with Gasteiger partial charge in [-0.1, -0.05) is 39.5 Å². The quantitative estimate of drug-likeness (QED) is 0.437. The maximum Gasteiger partial charge on any atom is 0.305 e. The molecule has 146 valence electrons. The highest BCUT2D eigenvalue weighted by atomic mass is 16.5. The fourth-order valence-electron chi connectivity index (χ4n) is 3.45. The Morgan fingerprint density at radius 2 is 1.32 bits per heavy atom. The lowest BCUT2D eigenvalue weighted by Gasteiger charge is -2.36. The second kappa shape index (κ2) is 10.1. The van der Waals surface area contributed by atoms with E-state index in [2.05, 4.69) is 4.74 Å². The van der Waals surface area contributed by atoms with E-state index < -0.39 is 10.8 Å². The standard InChI is InChI=1S/C19H35NO5/c1-18(14-21)12-20(13-19(18,2)15-22)16(23)10-8-6-4-5-7-9-11-17(24)25-3/h21-22H,4-15H2,1-3H3/t18-,19+. The summed E-state index contributed by atoms with van der Waals surface area (Å²) in [7, 11) is 1.41. The molecule has 0 aliphatic carbocycles. The van der Waals surface area contributed by atoms with Crippen LogP contribution in [-0.2, 0) is 14.3 Å². The molecule has 0 unspecified atom stereocenters. The van der Waals surface area contributed by atoms with Crippen LogP contribution in [0.15, 0.2) is 0 Å². The molecule has 0 spiro atoms. The maximum absolute atomic E-state index is 12.4. The molecule has 1 saturated heterocycles. The Labute approximate surface area is 151 Å². The van der Waals surface area contributed by atoms with Crippen LogP contribution in [0.3, 0.4) is 0 Å². The average Bonchev–Trinajstić information content (AvgIpc) is 2.89. The number of methoxy groups -OCH3 is 1. The summed E-state index contributed by atoms with van der Waals surface area (Å²) < 4.78 is 4.60. The lowest BCUT2D eigenvalue weighted by Crippen LogP contribution is -2.41. The molecule has 1 amide bonds. The molecule has 1 aliphatic heterocycles. The normalized spacial score (nSPS) is 26.0. The first-order valence-corrected chi connectivity index (χ1v) is 9.38. The van der Waals surface area contributed by atoms with Crippen LogP contribution in [0, 0.1) is 10.8 Å². The van der Waals surface area contributed by atoms with Gasteiger partial charge in [0.1, 0.15) is 0 Å². The van der Waals surface area contributed by atoms with Crippen LogP contribution in [0.25, 0.3) is 0 Å². The second-order valence-corrected chi connectivity index (χ2v) is 7.88. The van der Waals surface area contributed by atoms with Gasteiger partial charge in [-0.05, 0) is 12.8 Å². The van der Waals surface area contributed by atoms with Gasteiger partial charge in [0, 0.05) is 36.8 Å². The Kier molecular flexibility index (Phi) is 8.86. The van der Waals surface area contributed by atoms with Gasteiger partial charge < -0.3 is 19.8 Å². The number of esters is 1. The fraction of sp³-hybridized carbons (Fsp3) is 0.895. The third kappa shape index (κ3) is 5.96. The largest absolute Gasteiger partial charge is 0.469 e. The minimum atomic E-state index is -0.447. The van der Waals surface area contributed by atoms with E-state index in [1.54, 1.807) is 4.90 Å². The van der Waals surface area contributed by atoms with E-state index in [9.17, 15) is 19.8 Å². The predicted octanol–water partition coefficient (Wildman–Crippen LogP) is 2.12. The molecule has 1 rings (SSSR count). The summed E-state index contributed by atoms with van der Waals surface area (Å²) >= 11 is 0. The molecule has 1 heterocycles. The molecule has 2 N–H and O–H groups in total. The smallest absolute Gasteiger partial charge is 0.305 e. The van der Waals surface area contributed by atoms with Gasteiger partial charge in [-0.15, -0.1) is 0 Å². The van der Waals surface area contributed by atoms with E-state index in [0.717, 1.165) is 38.5 Å². The van der Waals surface area contributed by atoms with Crippen LogP contribution >= 0.6 is 0 Å². The molecule has 1 aliphatic rings. The first-order chi connectivity index (χ1) is 11.8. The zero-order valence-electron chi connectivity index (χ0n) is 16.1. The molecule has 0 radical (unpaired) electrons. The number of likely N-dealkylation sites (tertiary alicyclic amines) is 1. The summed E-state index contributed by atoms with van der Waals surface area (Å²) in [6.45, 7) is 4.83. The van der Waals surface area contributed by atoms with Crippen molar-refractivity contribution in [2.24, 2.45) is 10.8 Å². The number of carbonyl (C=O) groups is 2. The summed E-state index contributed by atoms with van der Waals surface area (Å²) in [5.41, 5.74) is -0.895. The van der Waals surface area contributed by atoms with Crippen molar-refractivity contribution in [3.05, 3.63) is 0 Å². The number of hydrogen-bond donors (Lipinski definition) is 2. The number of amides is 1. The van der Waals surface area contributed by atoms with E-state index in [0.29, 0.717) is 25.9 Å². The van der Waals surface area contributed by atoms with Crippen LogP contribution in [-0.4, -0.2) is 60.4 Å². The Bertz CT molecular complexity index is 424. The topological polar surface area (TPSA) is 87.1 Å². The molecule has 0 aromatic rings. The van der Waals surface area contributed by atoms with Crippen LogP contribution < -0.4 is 0 Å². The van der Waals surface area contributed by atoms with E-state index in [-0.39, 0.29) is 25.1 Å². The minimum absolute atomic E-state index is 0.0284. The number of rotatable bonds is 11. The van der Waals surface area contributed by atoms with Gasteiger partial charge in [0.15, 0.2) is 0 Å². The van der Waals surface area contributed by atoms with Crippen molar-refractivity contribution in [1.29, 1.82) is 0 Å². The molecule has 25 heavy (non-hydrogen) atoms. The third-order valence-corrected chi connectivity index (χ3v) is 5.84. The summed E-state index contributed by atoms with van der Waals surface area (Å²) in [5.74, 6) is -0.0384. The lowest BCUT2D eigenvalue weighted by atomic mass is 9.69. The average molecular weight is 357 g/mol. The molecule has 6 heteroatoms. The summed E-state index contributed by atoms with van der Waals surface area (Å²) in [5, 5.41) is 19.4. The maximum atomic E-state index is 12.4. The van der Waals surface area contributed by atoms with Gasteiger partial charge in [-0.3, -0.25) is 9.59 Å². The van der Waals surface area contributed by atoms with E-state index in [1.807, 2.05) is 13.8 Å². The number of aliphatic hydroxyl groups is 2. The Morgan fingerprint density at radius 1 is 0.880 bits per heavy atom. The molecular formula is C19H35NO5. The number of aliphatic hydroxyl groups excluding tert-OH is 2. The number of ether oxygens (including phenoxy) is 1. The molecule has 0 saturated carbocycles. The number of nitrogens with zero attached hydrogens (tertiary/aromatic N) is 1. The van der Waals surface area contributed by atoms with Crippen LogP contribution in [0.1, 0.15) is 65.2 Å². The molecule has 0 aromatic carbocycles. The van der Waals surface area contributed by atoms with Crippen LogP contribution in [0.4, 0.5) is 0 Å². The summed E-state index contributed by atoms with van der Waals surface area (Å²) in [4.78, 5) is 25.2. The predicted molar refractivity (Wildman–Crippen MR) is 95.9 cm³/mol. The molecule has 6 nitrogen and oxygen atoms in total. The Morgan fingerprint density at radius 3 is 1.76 bits per heavy atom. The first-order valence-electron chi connectivity index (χ1n) is 9.38. The van der Waals surface area contributed by atoms with Gasteiger partial charge >= 0.3 is 5.97 Å². The van der Waals surface area contributed by atoms with Crippen molar-refractivity contribution in [2.45, 2.75) is 65.2 Å². The van der Waals surface area contributed by atoms with Crippen molar-refractivity contribution in [3.63, 3.8) is 0 Å². The van der Waals surface area contributed by atoms with Crippen LogP contribution in [0.2, 0.25) is 0 Å². The summed E-state index contributed by atoms with van der Waals surface area (Å²) in [6.07, 6.45) is 6.88. The first kappa shape index (κ1) is 21.9. The molecule has 0 bridgehead atoms. The molecular weight excluding hydrogens is 322 g/mol. The molecule has 0 aromatic heterocycles. The highest BCUT2D eigenvalue weighted by Gasteiger charge is 2.52.